The van der Waals surface area contributed by atoms with Crippen molar-refractivity contribution in [3.8, 4) is 0 Å². The molecule has 6 heteroatoms. The van der Waals surface area contributed by atoms with E-state index < -0.39 is 0 Å². The predicted octanol–water partition coefficient (Wildman–Crippen LogP) is 1.98. The summed E-state index contributed by atoms with van der Waals surface area (Å²) in [5.74, 6) is 0. The summed E-state index contributed by atoms with van der Waals surface area (Å²) in [6.07, 6.45) is 1.80. The fourth-order valence-electron chi connectivity index (χ4n) is 2.01. The van der Waals surface area contributed by atoms with Crippen LogP contribution in [-0.4, -0.2) is 26.5 Å². The lowest BCUT2D eigenvalue weighted by molar-refractivity contribution is 0.563. The number of halogens is 1. The molecule has 0 aliphatic carbocycles. The molecule has 0 radical (unpaired) electrons. The standard InChI is InChI=1S/C12H16BrN5/c1-4-14-10(9-6-5-7-15-8(9)2)11-12(13)16-17-18(11)3/h5-7,10,14H,4H2,1-3H3. The second-order valence-electron chi connectivity index (χ2n) is 4.06. The molecule has 96 valence electrons. The van der Waals surface area contributed by atoms with Crippen LogP contribution in [-0.2, 0) is 7.05 Å². The largest absolute Gasteiger partial charge is 0.305 e. The summed E-state index contributed by atoms with van der Waals surface area (Å²) < 4.78 is 2.54. The van der Waals surface area contributed by atoms with Gasteiger partial charge in [0.05, 0.1) is 11.7 Å². The molecule has 1 atom stereocenters. The van der Waals surface area contributed by atoms with Crippen molar-refractivity contribution in [1.82, 2.24) is 25.3 Å². The van der Waals surface area contributed by atoms with Crippen molar-refractivity contribution in [1.29, 1.82) is 0 Å². The quantitative estimate of drug-likeness (QED) is 0.938. The highest BCUT2D eigenvalue weighted by Crippen LogP contribution is 2.27. The van der Waals surface area contributed by atoms with E-state index in [9.17, 15) is 0 Å². The van der Waals surface area contributed by atoms with E-state index in [1.807, 2.05) is 20.0 Å². The fraction of sp³-hybridized carbons (Fsp3) is 0.417. The van der Waals surface area contributed by atoms with Crippen molar-refractivity contribution in [3.05, 3.63) is 39.9 Å². The maximum absolute atomic E-state index is 4.35. The average Bonchev–Trinajstić information content (AvgIpc) is 2.68. The fourth-order valence-corrected chi connectivity index (χ4v) is 2.56. The number of pyridine rings is 1. The molecular weight excluding hydrogens is 294 g/mol. The van der Waals surface area contributed by atoms with Crippen LogP contribution in [0, 0.1) is 6.92 Å². The van der Waals surface area contributed by atoms with Crippen LogP contribution in [0.3, 0.4) is 0 Å². The number of nitrogens with zero attached hydrogens (tertiary/aromatic N) is 4. The van der Waals surface area contributed by atoms with E-state index in [-0.39, 0.29) is 6.04 Å². The third-order valence-electron chi connectivity index (χ3n) is 2.87. The monoisotopic (exact) mass is 309 g/mol. The van der Waals surface area contributed by atoms with Crippen molar-refractivity contribution in [2.75, 3.05) is 6.54 Å². The Labute approximate surface area is 115 Å². The van der Waals surface area contributed by atoms with Crippen LogP contribution in [0.4, 0.5) is 0 Å². The first-order valence-corrected chi connectivity index (χ1v) is 6.64. The van der Waals surface area contributed by atoms with Crippen molar-refractivity contribution in [3.63, 3.8) is 0 Å². The molecule has 2 rings (SSSR count). The minimum Gasteiger partial charge on any atom is -0.305 e. The van der Waals surface area contributed by atoms with E-state index >= 15 is 0 Å². The van der Waals surface area contributed by atoms with Gasteiger partial charge in [-0.1, -0.05) is 18.2 Å². The normalized spacial score (nSPS) is 12.7. The summed E-state index contributed by atoms with van der Waals surface area (Å²) in [5, 5.41) is 11.5. The second kappa shape index (κ2) is 5.58. The summed E-state index contributed by atoms with van der Waals surface area (Å²) >= 11 is 3.45. The summed E-state index contributed by atoms with van der Waals surface area (Å²) in [6.45, 7) is 4.95. The minimum absolute atomic E-state index is 0.0399. The van der Waals surface area contributed by atoms with Gasteiger partial charge in [-0.2, -0.15) is 0 Å². The molecule has 1 N–H and O–H groups in total. The van der Waals surface area contributed by atoms with Gasteiger partial charge in [0.2, 0.25) is 0 Å². The van der Waals surface area contributed by atoms with Gasteiger partial charge in [-0.25, -0.2) is 4.68 Å². The van der Waals surface area contributed by atoms with E-state index in [0.717, 1.165) is 28.1 Å². The first kappa shape index (κ1) is 13.2. The smallest absolute Gasteiger partial charge is 0.153 e. The molecule has 0 spiro atoms. The lowest BCUT2D eigenvalue weighted by Gasteiger charge is -2.19. The van der Waals surface area contributed by atoms with Gasteiger partial charge >= 0.3 is 0 Å². The first-order chi connectivity index (χ1) is 8.65. The lowest BCUT2D eigenvalue weighted by atomic mass is 10.0. The Bertz CT molecular complexity index is 518. The number of aromatic nitrogens is 4. The maximum Gasteiger partial charge on any atom is 0.153 e. The van der Waals surface area contributed by atoms with Crippen molar-refractivity contribution < 1.29 is 0 Å². The Morgan fingerprint density at radius 1 is 1.50 bits per heavy atom. The van der Waals surface area contributed by atoms with Gasteiger partial charge in [0.25, 0.3) is 0 Å². The molecule has 0 amide bonds. The van der Waals surface area contributed by atoms with Crippen LogP contribution in [0.1, 0.15) is 29.9 Å². The summed E-state index contributed by atoms with van der Waals surface area (Å²) in [7, 11) is 1.89. The van der Waals surface area contributed by atoms with Gasteiger partial charge in [0, 0.05) is 18.9 Å². The molecule has 0 fully saturated rings. The van der Waals surface area contributed by atoms with Gasteiger partial charge < -0.3 is 5.32 Å². The zero-order chi connectivity index (χ0) is 13.1. The predicted molar refractivity (Wildman–Crippen MR) is 73.2 cm³/mol. The Morgan fingerprint density at radius 2 is 2.28 bits per heavy atom. The summed E-state index contributed by atoms with van der Waals surface area (Å²) in [4.78, 5) is 4.35. The zero-order valence-corrected chi connectivity index (χ0v) is 12.3. The molecule has 2 aromatic heterocycles. The number of hydrogen-bond donors (Lipinski definition) is 1. The van der Waals surface area contributed by atoms with Crippen LogP contribution in [0.5, 0.6) is 0 Å². The second-order valence-corrected chi connectivity index (χ2v) is 4.81. The van der Waals surface area contributed by atoms with Crippen molar-refractivity contribution in [2.45, 2.75) is 19.9 Å². The highest BCUT2D eigenvalue weighted by molar-refractivity contribution is 9.10. The van der Waals surface area contributed by atoms with Crippen LogP contribution in [0.15, 0.2) is 22.9 Å². The third kappa shape index (κ3) is 2.44. The average molecular weight is 310 g/mol. The van der Waals surface area contributed by atoms with Crippen LogP contribution < -0.4 is 5.32 Å². The highest BCUT2D eigenvalue weighted by Gasteiger charge is 2.22. The zero-order valence-electron chi connectivity index (χ0n) is 10.7. The molecule has 0 aromatic carbocycles. The number of aryl methyl sites for hydroxylation is 2. The van der Waals surface area contributed by atoms with E-state index in [2.05, 4.69) is 49.5 Å². The first-order valence-electron chi connectivity index (χ1n) is 5.85. The highest BCUT2D eigenvalue weighted by atomic mass is 79.9. The molecule has 1 unspecified atom stereocenters. The van der Waals surface area contributed by atoms with Crippen LogP contribution >= 0.6 is 15.9 Å². The van der Waals surface area contributed by atoms with Crippen LogP contribution in [0.25, 0.3) is 0 Å². The SMILES string of the molecule is CCNC(c1cccnc1C)c1c(Br)nnn1C. The van der Waals surface area contributed by atoms with Gasteiger partial charge in [0.15, 0.2) is 4.60 Å². The number of hydrogen-bond acceptors (Lipinski definition) is 4. The van der Waals surface area contributed by atoms with E-state index in [4.69, 9.17) is 0 Å². The van der Waals surface area contributed by atoms with Crippen molar-refractivity contribution in [2.24, 2.45) is 7.05 Å². The summed E-state index contributed by atoms with van der Waals surface area (Å²) in [6, 6.07) is 4.07. The van der Waals surface area contributed by atoms with E-state index in [0.29, 0.717) is 0 Å². The molecular formula is C12H16BrN5. The Kier molecular flexibility index (Phi) is 4.08. The van der Waals surface area contributed by atoms with Gasteiger partial charge in [-0.05, 0) is 41.0 Å². The number of rotatable bonds is 4. The third-order valence-corrected chi connectivity index (χ3v) is 3.43. The maximum atomic E-state index is 4.35. The van der Waals surface area contributed by atoms with Crippen LogP contribution in [0.2, 0.25) is 0 Å². The molecule has 0 saturated carbocycles. The summed E-state index contributed by atoms with van der Waals surface area (Å²) in [5.41, 5.74) is 3.16. The molecule has 0 aliphatic heterocycles. The molecule has 5 nitrogen and oxygen atoms in total. The number of nitrogens with one attached hydrogen (secondary N) is 1. The lowest BCUT2D eigenvalue weighted by Crippen LogP contribution is -2.25. The molecule has 0 aliphatic rings. The Morgan fingerprint density at radius 3 is 2.83 bits per heavy atom. The minimum atomic E-state index is 0.0399. The van der Waals surface area contributed by atoms with E-state index in [1.54, 1.807) is 10.9 Å². The molecule has 2 aromatic rings. The van der Waals surface area contributed by atoms with Crippen molar-refractivity contribution >= 4 is 15.9 Å². The topological polar surface area (TPSA) is 55.6 Å². The Hall–Kier alpha value is -1.27. The van der Waals surface area contributed by atoms with Gasteiger partial charge in [-0.3, -0.25) is 4.98 Å². The van der Waals surface area contributed by atoms with Gasteiger partial charge in [-0.15, -0.1) is 5.10 Å². The van der Waals surface area contributed by atoms with E-state index in [1.165, 1.54) is 0 Å². The molecule has 2 heterocycles. The van der Waals surface area contributed by atoms with Gasteiger partial charge in [0.1, 0.15) is 0 Å². The molecule has 0 saturated heterocycles. The Balaban J connectivity index is 2.50. The molecule has 0 bridgehead atoms. The molecule has 18 heavy (non-hydrogen) atoms.